The average Bonchev–Trinajstić information content (AvgIpc) is 3.17. The number of carbonyl (C=O) groups excluding carboxylic acids is 1. The number of carbonyl (C=O) groups is 1. The van der Waals surface area contributed by atoms with E-state index in [1.807, 2.05) is 37.3 Å². The predicted molar refractivity (Wildman–Crippen MR) is 99.3 cm³/mol. The number of benzene rings is 2. The fourth-order valence-electron chi connectivity index (χ4n) is 2.46. The first-order chi connectivity index (χ1) is 13.2. The highest BCUT2D eigenvalue weighted by molar-refractivity contribution is 5.89. The molecule has 0 bridgehead atoms. The summed E-state index contributed by atoms with van der Waals surface area (Å²) in [5, 5.41) is 3.87. The van der Waals surface area contributed by atoms with E-state index in [-0.39, 0.29) is 0 Å². The molecule has 0 saturated heterocycles. The molecular formula is C21H22N2O4. The zero-order valence-corrected chi connectivity index (χ0v) is 15.4. The number of nitrogens with zero attached hydrogens (tertiary/aromatic N) is 2. The number of esters is 1. The van der Waals surface area contributed by atoms with Crippen LogP contribution in [0.5, 0.6) is 5.75 Å². The number of aryl methyl sites for hydroxylation is 1. The minimum Gasteiger partial charge on any atom is -0.489 e. The molecule has 0 fully saturated rings. The van der Waals surface area contributed by atoms with Gasteiger partial charge in [-0.2, -0.15) is 4.98 Å². The molecule has 0 spiro atoms. The van der Waals surface area contributed by atoms with Crippen LogP contribution >= 0.6 is 0 Å². The summed E-state index contributed by atoms with van der Waals surface area (Å²) in [6, 6.07) is 16.7. The number of rotatable bonds is 8. The minimum absolute atomic E-state index is 0.301. The van der Waals surface area contributed by atoms with Crippen LogP contribution in [-0.4, -0.2) is 16.1 Å². The van der Waals surface area contributed by atoms with Crippen LogP contribution in [0.1, 0.15) is 54.0 Å². The summed E-state index contributed by atoms with van der Waals surface area (Å²) in [5.41, 5.74) is 1.51. The van der Waals surface area contributed by atoms with Gasteiger partial charge in [-0.15, -0.1) is 0 Å². The van der Waals surface area contributed by atoms with Gasteiger partial charge in [0.05, 0.1) is 5.56 Å². The number of hydrogen-bond donors (Lipinski definition) is 0. The van der Waals surface area contributed by atoms with E-state index in [1.54, 1.807) is 31.2 Å². The Morgan fingerprint density at radius 2 is 1.85 bits per heavy atom. The van der Waals surface area contributed by atoms with E-state index in [4.69, 9.17) is 14.0 Å². The van der Waals surface area contributed by atoms with Crippen molar-refractivity contribution >= 4 is 5.97 Å². The molecule has 27 heavy (non-hydrogen) atoms. The maximum atomic E-state index is 12.3. The van der Waals surface area contributed by atoms with E-state index in [0.717, 1.165) is 18.4 Å². The summed E-state index contributed by atoms with van der Waals surface area (Å²) in [7, 11) is 0. The summed E-state index contributed by atoms with van der Waals surface area (Å²) in [5.74, 6) is 1.15. The molecule has 3 aromatic rings. The molecule has 0 radical (unpaired) electrons. The summed E-state index contributed by atoms with van der Waals surface area (Å²) in [6.45, 7) is 4.21. The van der Waals surface area contributed by atoms with Gasteiger partial charge in [0, 0.05) is 6.42 Å². The van der Waals surface area contributed by atoms with Crippen molar-refractivity contribution < 1.29 is 18.8 Å². The molecule has 6 heteroatoms. The molecule has 0 amide bonds. The Bertz CT molecular complexity index is 859. The third kappa shape index (κ3) is 5.17. The van der Waals surface area contributed by atoms with Crippen molar-refractivity contribution in [2.45, 2.75) is 39.4 Å². The monoisotopic (exact) mass is 366 g/mol. The third-order valence-corrected chi connectivity index (χ3v) is 3.93. The topological polar surface area (TPSA) is 74.5 Å². The van der Waals surface area contributed by atoms with Crippen molar-refractivity contribution in [1.82, 2.24) is 10.1 Å². The van der Waals surface area contributed by atoms with Gasteiger partial charge in [-0.25, -0.2) is 4.79 Å². The Morgan fingerprint density at radius 1 is 1.11 bits per heavy atom. The van der Waals surface area contributed by atoms with Crippen LogP contribution in [0.15, 0.2) is 59.1 Å². The van der Waals surface area contributed by atoms with Crippen LogP contribution in [0.2, 0.25) is 0 Å². The van der Waals surface area contributed by atoms with Crippen molar-refractivity contribution in [3.63, 3.8) is 0 Å². The fraction of sp³-hybridized carbons (Fsp3) is 0.286. The van der Waals surface area contributed by atoms with Crippen LogP contribution in [0.4, 0.5) is 0 Å². The van der Waals surface area contributed by atoms with E-state index in [2.05, 4.69) is 10.1 Å². The van der Waals surface area contributed by atoms with E-state index >= 15 is 0 Å². The van der Waals surface area contributed by atoms with Crippen molar-refractivity contribution in [3.05, 3.63) is 77.4 Å². The van der Waals surface area contributed by atoms with Gasteiger partial charge in [0.15, 0.2) is 11.9 Å². The van der Waals surface area contributed by atoms with Crippen molar-refractivity contribution in [1.29, 1.82) is 0 Å². The van der Waals surface area contributed by atoms with Crippen molar-refractivity contribution in [2.24, 2.45) is 0 Å². The molecule has 1 aromatic heterocycles. The highest BCUT2D eigenvalue weighted by Gasteiger charge is 2.19. The second-order valence-electron chi connectivity index (χ2n) is 6.15. The number of ether oxygens (including phenoxy) is 2. The SMILES string of the molecule is CCCc1noc(C(C)OC(=O)c2ccc(OCc3ccccc3)cc2)n1. The molecule has 0 aliphatic rings. The normalized spacial score (nSPS) is 11.8. The van der Waals surface area contributed by atoms with Crippen LogP contribution in [0, 0.1) is 0 Å². The van der Waals surface area contributed by atoms with E-state index in [1.165, 1.54) is 0 Å². The lowest BCUT2D eigenvalue weighted by Crippen LogP contribution is -2.09. The van der Waals surface area contributed by atoms with Crippen LogP contribution in [-0.2, 0) is 17.8 Å². The quantitative estimate of drug-likeness (QED) is 0.546. The summed E-state index contributed by atoms with van der Waals surface area (Å²) >= 11 is 0. The first-order valence-corrected chi connectivity index (χ1v) is 8.96. The van der Waals surface area contributed by atoms with Gasteiger partial charge in [-0.3, -0.25) is 0 Å². The average molecular weight is 366 g/mol. The number of aromatic nitrogens is 2. The molecule has 0 saturated carbocycles. The Balaban J connectivity index is 1.55. The van der Waals surface area contributed by atoms with E-state index in [0.29, 0.717) is 29.6 Å². The second kappa shape index (κ2) is 8.98. The minimum atomic E-state index is -0.607. The van der Waals surface area contributed by atoms with Gasteiger partial charge < -0.3 is 14.0 Å². The Kier molecular flexibility index (Phi) is 6.20. The van der Waals surface area contributed by atoms with Crippen LogP contribution in [0.3, 0.4) is 0 Å². The number of hydrogen-bond acceptors (Lipinski definition) is 6. The molecule has 6 nitrogen and oxygen atoms in total. The maximum absolute atomic E-state index is 12.3. The Labute approximate surface area is 158 Å². The largest absolute Gasteiger partial charge is 0.489 e. The van der Waals surface area contributed by atoms with Crippen LogP contribution < -0.4 is 4.74 Å². The lowest BCUT2D eigenvalue weighted by molar-refractivity contribution is 0.0265. The van der Waals surface area contributed by atoms with E-state index < -0.39 is 12.1 Å². The zero-order chi connectivity index (χ0) is 19.1. The van der Waals surface area contributed by atoms with Gasteiger partial charge in [0.25, 0.3) is 5.89 Å². The summed E-state index contributed by atoms with van der Waals surface area (Å²) < 4.78 is 16.3. The fourth-order valence-corrected chi connectivity index (χ4v) is 2.46. The molecule has 1 heterocycles. The summed E-state index contributed by atoms with van der Waals surface area (Å²) in [6.07, 6.45) is 1.05. The van der Waals surface area contributed by atoms with Crippen molar-refractivity contribution in [3.8, 4) is 5.75 Å². The molecule has 1 atom stereocenters. The molecular weight excluding hydrogens is 344 g/mol. The second-order valence-corrected chi connectivity index (χ2v) is 6.15. The van der Waals surface area contributed by atoms with Gasteiger partial charge in [0.2, 0.25) is 0 Å². The lowest BCUT2D eigenvalue weighted by Gasteiger charge is -2.10. The van der Waals surface area contributed by atoms with Crippen molar-refractivity contribution in [2.75, 3.05) is 0 Å². The molecule has 140 valence electrons. The predicted octanol–water partition coefficient (Wildman–Crippen LogP) is 4.52. The lowest BCUT2D eigenvalue weighted by atomic mass is 10.2. The summed E-state index contributed by atoms with van der Waals surface area (Å²) in [4.78, 5) is 16.5. The third-order valence-electron chi connectivity index (χ3n) is 3.93. The molecule has 1 unspecified atom stereocenters. The highest BCUT2D eigenvalue weighted by Crippen LogP contribution is 2.19. The molecule has 2 aromatic carbocycles. The molecule has 3 rings (SSSR count). The Hall–Kier alpha value is -3.15. The molecule has 0 N–H and O–H groups in total. The standard InChI is InChI=1S/C21H22N2O4/c1-3-7-19-22-20(27-23-19)15(2)26-21(24)17-10-12-18(13-11-17)25-14-16-8-5-4-6-9-16/h4-6,8-13,15H,3,7,14H2,1-2H3. The molecule has 0 aliphatic carbocycles. The first-order valence-electron chi connectivity index (χ1n) is 8.96. The van der Waals surface area contributed by atoms with E-state index in [9.17, 15) is 4.79 Å². The van der Waals surface area contributed by atoms with Gasteiger partial charge in [-0.05, 0) is 43.2 Å². The Morgan fingerprint density at radius 3 is 2.56 bits per heavy atom. The highest BCUT2D eigenvalue weighted by atomic mass is 16.6. The maximum Gasteiger partial charge on any atom is 0.338 e. The zero-order valence-electron chi connectivity index (χ0n) is 15.4. The van der Waals surface area contributed by atoms with Gasteiger partial charge >= 0.3 is 5.97 Å². The smallest absolute Gasteiger partial charge is 0.338 e. The first kappa shape index (κ1) is 18.6. The van der Waals surface area contributed by atoms with Gasteiger partial charge in [-0.1, -0.05) is 42.4 Å². The van der Waals surface area contributed by atoms with Crippen LogP contribution in [0.25, 0.3) is 0 Å². The van der Waals surface area contributed by atoms with Gasteiger partial charge in [0.1, 0.15) is 12.4 Å². The molecule has 0 aliphatic heterocycles.